The van der Waals surface area contributed by atoms with Gasteiger partial charge in [-0.15, -0.1) is 6.58 Å². The molecule has 1 aromatic heterocycles. The summed E-state index contributed by atoms with van der Waals surface area (Å²) in [7, 11) is 0. The fraction of sp³-hybridized carbons (Fsp3) is 0.455. The van der Waals surface area contributed by atoms with Crippen molar-refractivity contribution in [1.29, 1.82) is 0 Å². The average Bonchev–Trinajstić information content (AvgIpc) is 2.52. The molecule has 1 unspecified atom stereocenters. The molecule has 1 rings (SSSR count). The van der Waals surface area contributed by atoms with Crippen LogP contribution in [0.1, 0.15) is 25.3 Å². The largest absolute Gasteiger partial charge is 0.390 e. The normalized spacial score (nSPS) is 15.2. The molecule has 0 radical (unpaired) electrons. The van der Waals surface area contributed by atoms with E-state index in [0.29, 0.717) is 0 Å². The molecule has 72 valence electrons. The van der Waals surface area contributed by atoms with Gasteiger partial charge in [-0.2, -0.15) is 11.3 Å². The molecule has 1 atom stereocenters. The van der Waals surface area contributed by atoms with Crippen LogP contribution in [0.4, 0.5) is 0 Å². The van der Waals surface area contributed by atoms with Gasteiger partial charge in [0, 0.05) is 6.42 Å². The number of aliphatic hydroxyl groups is 1. The van der Waals surface area contributed by atoms with Crippen LogP contribution in [0.3, 0.4) is 0 Å². The lowest BCUT2D eigenvalue weighted by Gasteiger charge is -2.21. The molecule has 0 aliphatic rings. The van der Waals surface area contributed by atoms with Gasteiger partial charge in [0.2, 0.25) is 0 Å². The Morgan fingerprint density at radius 3 is 3.00 bits per heavy atom. The predicted molar refractivity (Wildman–Crippen MR) is 58.1 cm³/mol. The maximum Gasteiger partial charge on any atom is 0.0663 e. The fourth-order valence-corrected chi connectivity index (χ4v) is 2.00. The van der Waals surface area contributed by atoms with Gasteiger partial charge in [0.15, 0.2) is 0 Å². The van der Waals surface area contributed by atoms with Crippen molar-refractivity contribution in [3.63, 3.8) is 0 Å². The molecule has 1 N–H and O–H groups in total. The first-order chi connectivity index (χ1) is 6.14. The van der Waals surface area contributed by atoms with Crippen LogP contribution in [0.25, 0.3) is 0 Å². The second-order valence-corrected chi connectivity index (χ2v) is 4.41. The molecule has 1 nitrogen and oxygen atoms in total. The van der Waals surface area contributed by atoms with Gasteiger partial charge in [-0.05, 0) is 42.2 Å². The Hall–Kier alpha value is -0.600. The number of thiophene rings is 1. The third-order valence-corrected chi connectivity index (χ3v) is 2.78. The maximum absolute atomic E-state index is 9.97. The minimum atomic E-state index is -0.588. The Morgan fingerprint density at radius 1 is 1.69 bits per heavy atom. The van der Waals surface area contributed by atoms with Gasteiger partial charge in [-0.1, -0.05) is 6.08 Å². The van der Waals surface area contributed by atoms with Gasteiger partial charge in [0.25, 0.3) is 0 Å². The van der Waals surface area contributed by atoms with Crippen LogP contribution in [0.5, 0.6) is 0 Å². The van der Waals surface area contributed by atoms with Gasteiger partial charge >= 0.3 is 0 Å². The molecule has 0 aliphatic heterocycles. The highest BCUT2D eigenvalue weighted by Crippen LogP contribution is 2.20. The first-order valence-corrected chi connectivity index (χ1v) is 5.43. The van der Waals surface area contributed by atoms with Crippen LogP contribution >= 0.6 is 11.3 Å². The van der Waals surface area contributed by atoms with Crippen LogP contribution in [-0.2, 0) is 6.42 Å². The lowest BCUT2D eigenvalue weighted by Crippen LogP contribution is -2.26. The van der Waals surface area contributed by atoms with Crippen LogP contribution in [0.15, 0.2) is 29.5 Å². The van der Waals surface area contributed by atoms with Crippen molar-refractivity contribution < 1.29 is 5.11 Å². The van der Waals surface area contributed by atoms with Gasteiger partial charge in [-0.25, -0.2) is 0 Å². The van der Waals surface area contributed by atoms with Crippen molar-refractivity contribution in [1.82, 2.24) is 0 Å². The molecular formula is C11H16OS. The standard InChI is InChI=1S/C11H16OS/c1-3-4-6-11(2,12)8-10-5-7-13-9-10/h3,5,7,9,12H,1,4,6,8H2,2H3. The number of hydrogen-bond donors (Lipinski definition) is 1. The molecule has 0 fully saturated rings. The van der Waals surface area contributed by atoms with E-state index in [9.17, 15) is 5.11 Å². The van der Waals surface area contributed by atoms with Crippen molar-refractivity contribution in [2.75, 3.05) is 0 Å². The summed E-state index contributed by atoms with van der Waals surface area (Å²) in [5.41, 5.74) is 0.633. The Bertz CT molecular complexity index is 249. The van der Waals surface area contributed by atoms with Crippen molar-refractivity contribution >= 4 is 11.3 Å². The van der Waals surface area contributed by atoms with Gasteiger partial charge in [0.1, 0.15) is 0 Å². The van der Waals surface area contributed by atoms with E-state index < -0.39 is 5.60 Å². The summed E-state index contributed by atoms with van der Waals surface area (Å²) in [6.07, 6.45) is 4.25. The second-order valence-electron chi connectivity index (χ2n) is 3.63. The molecular weight excluding hydrogens is 180 g/mol. The highest BCUT2D eigenvalue weighted by molar-refractivity contribution is 7.07. The molecule has 0 amide bonds. The van der Waals surface area contributed by atoms with Crippen molar-refractivity contribution in [3.8, 4) is 0 Å². The third kappa shape index (κ3) is 3.75. The molecule has 2 heteroatoms. The Balaban J connectivity index is 2.46. The van der Waals surface area contributed by atoms with Crippen LogP contribution in [0.2, 0.25) is 0 Å². The van der Waals surface area contributed by atoms with Gasteiger partial charge in [0.05, 0.1) is 5.60 Å². The summed E-state index contributed by atoms with van der Waals surface area (Å²) in [5, 5.41) is 14.1. The molecule has 13 heavy (non-hydrogen) atoms. The SMILES string of the molecule is C=CCCC(C)(O)Cc1ccsc1. The number of allylic oxidation sites excluding steroid dienone is 1. The number of rotatable bonds is 5. The predicted octanol–water partition coefficient (Wildman–Crippen LogP) is 3.01. The summed E-state index contributed by atoms with van der Waals surface area (Å²) in [5.74, 6) is 0. The van der Waals surface area contributed by atoms with Crippen LogP contribution in [-0.4, -0.2) is 10.7 Å². The highest BCUT2D eigenvalue weighted by Gasteiger charge is 2.19. The lowest BCUT2D eigenvalue weighted by molar-refractivity contribution is 0.0524. The molecule has 0 aromatic carbocycles. The summed E-state index contributed by atoms with van der Waals surface area (Å²) in [4.78, 5) is 0. The monoisotopic (exact) mass is 196 g/mol. The molecule has 0 aliphatic carbocycles. The average molecular weight is 196 g/mol. The quantitative estimate of drug-likeness (QED) is 0.718. The topological polar surface area (TPSA) is 20.2 Å². The van der Waals surface area contributed by atoms with E-state index in [1.807, 2.05) is 18.4 Å². The first kappa shape index (κ1) is 10.5. The third-order valence-electron chi connectivity index (χ3n) is 2.05. The maximum atomic E-state index is 9.97. The summed E-state index contributed by atoms with van der Waals surface area (Å²) in [6.45, 7) is 5.53. The van der Waals surface area contributed by atoms with Crippen LogP contribution < -0.4 is 0 Å². The fourth-order valence-electron chi connectivity index (χ4n) is 1.33. The first-order valence-electron chi connectivity index (χ1n) is 4.48. The highest BCUT2D eigenvalue weighted by atomic mass is 32.1. The second kappa shape index (κ2) is 4.58. The van der Waals surface area contributed by atoms with E-state index in [-0.39, 0.29) is 0 Å². The number of hydrogen-bond acceptors (Lipinski definition) is 2. The lowest BCUT2D eigenvalue weighted by atomic mass is 9.93. The molecule has 1 aromatic rings. The van der Waals surface area contributed by atoms with Crippen molar-refractivity contribution in [2.24, 2.45) is 0 Å². The van der Waals surface area contributed by atoms with E-state index >= 15 is 0 Å². The van der Waals surface area contributed by atoms with Crippen molar-refractivity contribution in [3.05, 3.63) is 35.0 Å². The summed E-state index contributed by atoms with van der Waals surface area (Å²) in [6, 6.07) is 2.06. The van der Waals surface area contributed by atoms with Crippen LogP contribution in [0, 0.1) is 0 Å². The zero-order valence-corrected chi connectivity index (χ0v) is 8.81. The molecule has 0 saturated carbocycles. The Kier molecular flexibility index (Phi) is 3.70. The minimum absolute atomic E-state index is 0.588. The van der Waals surface area contributed by atoms with E-state index in [4.69, 9.17) is 0 Å². The molecule has 0 spiro atoms. The Morgan fingerprint density at radius 2 is 2.46 bits per heavy atom. The van der Waals surface area contributed by atoms with E-state index in [1.165, 1.54) is 5.56 Å². The zero-order valence-electron chi connectivity index (χ0n) is 7.99. The van der Waals surface area contributed by atoms with E-state index in [0.717, 1.165) is 19.3 Å². The van der Waals surface area contributed by atoms with E-state index in [2.05, 4.69) is 18.0 Å². The Labute approximate surface area is 83.7 Å². The minimum Gasteiger partial charge on any atom is -0.390 e. The zero-order chi connectivity index (χ0) is 9.73. The van der Waals surface area contributed by atoms with E-state index in [1.54, 1.807) is 11.3 Å². The summed E-state index contributed by atoms with van der Waals surface area (Å²) >= 11 is 1.67. The summed E-state index contributed by atoms with van der Waals surface area (Å²) < 4.78 is 0. The smallest absolute Gasteiger partial charge is 0.0663 e. The molecule has 0 bridgehead atoms. The molecule has 0 saturated heterocycles. The van der Waals surface area contributed by atoms with Crippen molar-refractivity contribution in [2.45, 2.75) is 31.8 Å². The van der Waals surface area contributed by atoms with Gasteiger partial charge in [-0.3, -0.25) is 0 Å². The van der Waals surface area contributed by atoms with Gasteiger partial charge < -0.3 is 5.11 Å². The molecule has 1 heterocycles.